The van der Waals surface area contributed by atoms with Gasteiger partial charge in [-0.2, -0.15) is 12.6 Å². The number of hydrogen-bond donors (Lipinski definition) is 1. The Morgan fingerprint density at radius 2 is 1.56 bits per heavy atom. The molecule has 1 aromatic carbocycles. The number of halogens is 1. The molecule has 0 saturated carbocycles. The van der Waals surface area contributed by atoms with Gasteiger partial charge in [-0.05, 0) is 18.4 Å². The van der Waals surface area contributed by atoms with Crippen LogP contribution in [0, 0.1) is 0 Å². The van der Waals surface area contributed by atoms with Crippen molar-refractivity contribution < 1.29 is 0 Å². The molecule has 0 aliphatic rings. The molecule has 0 radical (unpaired) electrons. The molecule has 0 heterocycles. The smallest absolute Gasteiger partial charge is 0.0175 e. The minimum Gasteiger partial charge on any atom is -0.183 e. The number of thiol groups is 1. The molecular weight excluding hydrogens is 196 g/mol. The van der Waals surface area contributed by atoms with Crippen LogP contribution in [-0.4, -0.2) is 6.26 Å². The Morgan fingerprint density at radius 1 is 1.11 bits per heavy atom. The second-order valence-corrected chi connectivity index (χ2v) is 2.21. The Hall–Kier alpha value is 0.0500. The zero-order valence-corrected chi connectivity index (χ0v) is 7.69. The zero-order valence-electron chi connectivity index (χ0n) is 5.21. The number of hydrogen-bond acceptors (Lipinski definition) is 1. The molecule has 0 atom stereocenters. The second kappa shape index (κ2) is 6.17. The molecule has 2 heteroatoms. The van der Waals surface area contributed by atoms with Crippen molar-refractivity contribution in [1.29, 1.82) is 0 Å². The fourth-order valence-corrected chi connectivity index (χ4v) is 0.720. The first-order valence-electron chi connectivity index (χ1n) is 2.55. The summed E-state index contributed by atoms with van der Waals surface area (Å²) in [5.74, 6) is 0. The maximum atomic E-state index is 3.53. The van der Waals surface area contributed by atoms with Gasteiger partial charge < -0.3 is 0 Å². The van der Waals surface area contributed by atoms with Gasteiger partial charge >= 0.3 is 0 Å². The molecule has 0 saturated heterocycles. The quantitative estimate of drug-likeness (QED) is 0.618. The van der Waals surface area contributed by atoms with E-state index < -0.39 is 0 Å². The first-order chi connectivity index (χ1) is 4.39. The third kappa shape index (κ3) is 4.55. The van der Waals surface area contributed by atoms with Gasteiger partial charge in [0.1, 0.15) is 0 Å². The minimum atomic E-state index is 1.13. The standard InChI is InChI=1S/C6H5Br.CH4S/c7-6-4-2-1-3-5-6;1-2/h1-5H;2H,1H3. The molecule has 0 bridgehead atoms. The molecule has 1 rings (SSSR count). The van der Waals surface area contributed by atoms with Gasteiger partial charge in [-0.3, -0.25) is 0 Å². The summed E-state index contributed by atoms with van der Waals surface area (Å²) in [4.78, 5) is 0. The highest BCUT2D eigenvalue weighted by atomic mass is 79.9. The Morgan fingerprint density at radius 3 is 1.78 bits per heavy atom. The monoisotopic (exact) mass is 204 g/mol. The average Bonchev–Trinajstić information content (AvgIpc) is 1.94. The summed E-state index contributed by atoms with van der Waals surface area (Å²) in [5.41, 5.74) is 0. The van der Waals surface area contributed by atoms with Crippen molar-refractivity contribution in [2.24, 2.45) is 0 Å². The number of rotatable bonds is 0. The molecular formula is C7H9BrS. The largest absolute Gasteiger partial charge is 0.183 e. The Bertz CT molecular complexity index is 139. The fraction of sp³-hybridized carbons (Fsp3) is 0.143. The molecule has 0 unspecified atom stereocenters. The van der Waals surface area contributed by atoms with Crippen molar-refractivity contribution in [3.8, 4) is 0 Å². The Balaban J connectivity index is 0.000000291. The molecule has 0 spiro atoms. The zero-order chi connectivity index (χ0) is 7.11. The van der Waals surface area contributed by atoms with E-state index in [1.807, 2.05) is 30.3 Å². The molecule has 1 aromatic rings. The first kappa shape index (κ1) is 9.05. The van der Waals surface area contributed by atoms with E-state index in [0.29, 0.717) is 0 Å². The summed E-state index contributed by atoms with van der Waals surface area (Å²) in [6.45, 7) is 0. The van der Waals surface area contributed by atoms with E-state index in [0.717, 1.165) is 4.47 Å². The maximum absolute atomic E-state index is 3.53. The van der Waals surface area contributed by atoms with E-state index in [9.17, 15) is 0 Å². The van der Waals surface area contributed by atoms with Crippen molar-refractivity contribution in [3.63, 3.8) is 0 Å². The van der Waals surface area contributed by atoms with Crippen molar-refractivity contribution in [1.82, 2.24) is 0 Å². The highest BCUT2D eigenvalue weighted by molar-refractivity contribution is 9.10. The van der Waals surface area contributed by atoms with Crippen molar-refractivity contribution in [3.05, 3.63) is 34.8 Å². The molecule has 0 aromatic heterocycles. The molecule has 0 aliphatic carbocycles. The van der Waals surface area contributed by atoms with E-state index in [1.165, 1.54) is 0 Å². The highest BCUT2D eigenvalue weighted by Gasteiger charge is 1.74. The van der Waals surface area contributed by atoms with Crippen LogP contribution in [0.2, 0.25) is 0 Å². The third-order valence-corrected chi connectivity index (χ3v) is 1.26. The van der Waals surface area contributed by atoms with Gasteiger partial charge in [0.05, 0.1) is 0 Å². The van der Waals surface area contributed by atoms with Gasteiger partial charge in [-0.15, -0.1) is 0 Å². The molecule has 50 valence electrons. The molecule has 0 nitrogen and oxygen atoms in total. The molecule has 0 fully saturated rings. The summed E-state index contributed by atoms with van der Waals surface area (Å²) in [5, 5.41) is 0. The third-order valence-electron chi connectivity index (χ3n) is 0.733. The highest BCUT2D eigenvalue weighted by Crippen LogP contribution is 2.05. The van der Waals surface area contributed by atoms with Gasteiger partial charge in [0, 0.05) is 4.47 Å². The summed E-state index contributed by atoms with van der Waals surface area (Å²) in [7, 11) is 0. The Kier molecular flexibility index (Phi) is 6.21. The lowest BCUT2D eigenvalue weighted by Gasteiger charge is -1.80. The number of benzene rings is 1. The van der Waals surface area contributed by atoms with Gasteiger partial charge in [-0.25, -0.2) is 0 Å². The second-order valence-electron chi connectivity index (χ2n) is 1.30. The molecule has 0 amide bonds. The van der Waals surface area contributed by atoms with Crippen LogP contribution in [0.4, 0.5) is 0 Å². The summed E-state index contributed by atoms with van der Waals surface area (Å²) in [6.07, 6.45) is 1.69. The predicted octanol–water partition coefficient (Wildman–Crippen LogP) is 3.00. The van der Waals surface area contributed by atoms with E-state index in [2.05, 4.69) is 28.6 Å². The maximum Gasteiger partial charge on any atom is 0.0175 e. The SMILES string of the molecule is Brc1ccccc1.CS. The van der Waals surface area contributed by atoms with Gasteiger partial charge in [0.2, 0.25) is 0 Å². The van der Waals surface area contributed by atoms with Gasteiger partial charge in [0.25, 0.3) is 0 Å². The van der Waals surface area contributed by atoms with Crippen LogP contribution in [0.5, 0.6) is 0 Å². The van der Waals surface area contributed by atoms with Crippen LogP contribution in [0.3, 0.4) is 0 Å². The Labute approximate surface area is 69.8 Å². The summed E-state index contributed by atoms with van der Waals surface area (Å²) in [6, 6.07) is 9.97. The lowest BCUT2D eigenvalue weighted by Crippen LogP contribution is -1.55. The topological polar surface area (TPSA) is 0 Å². The van der Waals surface area contributed by atoms with E-state index in [4.69, 9.17) is 0 Å². The summed E-state index contributed by atoms with van der Waals surface area (Å²) < 4.78 is 1.13. The van der Waals surface area contributed by atoms with Gasteiger partial charge in [0.15, 0.2) is 0 Å². The summed E-state index contributed by atoms with van der Waals surface area (Å²) >= 11 is 6.84. The minimum absolute atomic E-state index is 1.13. The van der Waals surface area contributed by atoms with Crippen molar-refractivity contribution >= 4 is 28.6 Å². The van der Waals surface area contributed by atoms with Crippen LogP contribution in [0.1, 0.15) is 0 Å². The van der Waals surface area contributed by atoms with Gasteiger partial charge in [-0.1, -0.05) is 34.1 Å². The first-order valence-corrected chi connectivity index (χ1v) is 4.23. The van der Waals surface area contributed by atoms with Crippen LogP contribution in [0.25, 0.3) is 0 Å². The molecule has 0 aliphatic heterocycles. The van der Waals surface area contributed by atoms with Crippen LogP contribution in [0.15, 0.2) is 34.8 Å². The normalized spacial score (nSPS) is 7.44. The van der Waals surface area contributed by atoms with Crippen molar-refractivity contribution in [2.45, 2.75) is 0 Å². The molecule has 0 N–H and O–H groups in total. The van der Waals surface area contributed by atoms with E-state index >= 15 is 0 Å². The van der Waals surface area contributed by atoms with Crippen LogP contribution >= 0.6 is 28.6 Å². The van der Waals surface area contributed by atoms with E-state index in [-0.39, 0.29) is 0 Å². The lowest BCUT2D eigenvalue weighted by atomic mass is 10.4. The molecule has 9 heavy (non-hydrogen) atoms. The fourth-order valence-electron chi connectivity index (χ4n) is 0.415. The van der Waals surface area contributed by atoms with Crippen LogP contribution in [-0.2, 0) is 0 Å². The van der Waals surface area contributed by atoms with Crippen molar-refractivity contribution in [2.75, 3.05) is 6.26 Å². The lowest BCUT2D eigenvalue weighted by molar-refractivity contribution is 1.66. The van der Waals surface area contributed by atoms with E-state index in [1.54, 1.807) is 6.26 Å². The van der Waals surface area contributed by atoms with Crippen LogP contribution < -0.4 is 0 Å². The average molecular weight is 205 g/mol. The predicted molar refractivity (Wildman–Crippen MR) is 49.1 cm³/mol.